The minimum atomic E-state index is -0.166. The van der Waals surface area contributed by atoms with E-state index in [0.717, 1.165) is 23.3 Å². The predicted octanol–water partition coefficient (Wildman–Crippen LogP) is 4.32. The summed E-state index contributed by atoms with van der Waals surface area (Å²) in [5, 5.41) is 2.89. The highest BCUT2D eigenvalue weighted by Gasteiger charge is 2.14. The first-order valence-corrected chi connectivity index (χ1v) is 9.76. The fourth-order valence-corrected chi connectivity index (χ4v) is 3.18. The Morgan fingerprint density at radius 1 is 0.897 bits per heavy atom. The Labute approximate surface area is 170 Å². The zero-order chi connectivity index (χ0) is 19.9. The van der Waals surface area contributed by atoms with Crippen molar-refractivity contribution in [3.63, 3.8) is 0 Å². The van der Waals surface area contributed by atoms with E-state index in [9.17, 15) is 4.79 Å². The highest BCUT2D eigenvalue weighted by Crippen LogP contribution is 2.31. The fourth-order valence-electron chi connectivity index (χ4n) is 3.18. The van der Waals surface area contributed by atoms with Crippen molar-refractivity contribution in [3.05, 3.63) is 78.4 Å². The lowest BCUT2D eigenvalue weighted by molar-refractivity contribution is 0.0946. The third kappa shape index (κ3) is 4.69. The summed E-state index contributed by atoms with van der Waals surface area (Å²) in [5.41, 5.74) is 2.67. The molecule has 0 radical (unpaired) electrons. The van der Waals surface area contributed by atoms with Crippen LogP contribution in [-0.2, 0) is 0 Å². The summed E-state index contributed by atoms with van der Waals surface area (Å²) in [4.78, 5) is 12.5. The van der Waals surface area contributed by atoms with Crippen LogP contribution in [0.5, 0.6) is 17.2 Å². The van der Waals surface area contributed by atoms with Crippen LogP contribution < -0.4 is 19.5 Å². The van der Waals surface area contributed by atoms with E-state index in [0.29, 0.717) is 43.4 Å². The number of ether oxygens (including phenoxy) is 3. The Morgan fingerprint density at radius 3 is 2.52 bits per heavy atom. The molecule has 0 aliphatic carbocycles. The molecule has 0 spiro atoms. The number of amides is 1. The van der Waals surface area contributed by atoms with Crippen LogP contribution in [0.2, 0.25) is 0 Å². The average Bonchev–Trinajstić information content (AvgIpc) is 3.02. The molecule has 0 fully saturated rings. The largest absolute Gasteiger partial charge is 0.491 e. The van der Waals surface area contributed by atoms with Gasteiger partial charge in [0.1, 0.15) is 12.4 Å². The molecule has 1 amide bonds. The highest BCUT2D eigenvalue weighted by atomic mass is 16.5. The summed E-state index contributed by atoms with van der Waals surface area (Å²) in [5.74, 6) is 1.92. The molecule has 1 N–H and O–H groups in total. The minimum absolute atomic E-state index is 0.166. The molecule has 148 valence electrons. The lowest BCUT2D eigenvalue weighted by atomic mass is 10.1. The van der Waals surface area contributed by atoms with Crippen LogP contribution in [0, 0.1) is 0 Å². The van der Waals surface area contributed by atoms with Gasteiger partial charge in [-0.3, -0.25) is 4.79 Å². The molecule has 4 rings (SSSR count). The Bertz CT molecular complexity index is 972. The van der Waals surface area contributed by atoms with Crippen molar-refractivity contribution in [3.8, 4) is 28.4 Å². The van der Waals surface area contributed by atoms with Gasteiger partial charge in [-0.25, -0.2) is 0 Å². The van der Waals surface area contributed by atoms with Gasteiger partial charge in [0.25, 0.3) is 5.91 Å². The van der Waals surface area contributed by atoms with Crippen molar-refractivity contribution in [2.45, 2.75) is 6.42 Å². The smallest absolute Gasteiger partial charge is 0.251 e. The molecule has 0 saturated carbocycles. The average molecular weight is 389 g/mol. The summed E-state index contributed by atoms with van der Waals surface area (Å²) in [6, 6.07) is 23.2. The van der Waals surface area contributed by atoms with Gasteiger partial charge in [-0.1, -0.05) is 48.5 Å². The number of hydrogen-bond donors (Lipinski definition) is 1. The fraction of sp³-hybridized carbons (Fsp3) is 0.208. The first kappa shape index (κ1) is 18.9. The number of nitrogens with one attached hydrogen (secondary N) is 1. The lowest BCUT2D eigenvalue weighted by Gasteiger charge is -2.13. The third-order valence-electron chi connectivity index (χ3n) is 4.63. The summed E-state index contributed by atoms with van der Waals surface area (Å²) >= 11 is 0. The molecule has 5 nitrogen and oxygen atoms in total. The number of rotatable bonds is 6. The van der Waals surface area contributed by atoms with Gasteiger partial charge in [-0.15, -0.1) is 0 Å². The number of carbonyl (C=O) groups excluding carboxylic acids is 1. The maximum absolute atomic E-state index is 12.5. The molecule has 5 heteroatoms. The van der Waals surface area contributed by atoms with Gasteiger partial charge in [0.15, 0.2) is 11.5 Å². The molecule has 3 aromatic rings. The second kappa shape index (κ2) is 9.15. The molecular formula is C24H23NO4. The molecule has 3 aromatic carbocycles. The zero-order valence-electron chi connectivity index (χ0n) is 16.1. The second-order valence-electron chi connectivity index (χ2n) is 6.68. The van der Waals surface area contributed by atoms with Gasteiger partial charge in [-0.2, -0.15) is 0 Å². The lowest BCUT2D eigenvalue weighted by Crippen LogP contribution is -2.28. The van der Waals surface area contributed by atoms with Crippen molar-refractivity contribution in [1.29, 1.82) is 0 Å². The summed E-state index contributed by atoms with van der Waals surface area (Å²) in [7, 11) is 0. The highest BCUT2D eigenvalue weighted by molar-refractivity contribution is 5.94. The Hall–Kier alpha value is -3.47. The van der Waals surface area contributed by atoms with Crippen LogP contribution in [-0.4, -0.2) is 32.3 Å². The van der Waals surface area contributed by atoms with E-state index in [1.165, 1.54) is 0 Å². The first-order valence-electron chi connectivity index (χ1n) is 9.76. The van der Waals surface area contributed by atoms with Gasteiger partial charge in [0.05, 0.1) is 19.8 Å². The molecule has 1 heterocycles. The maximum Gasteiger partial charge on any atom is 0.251 e. The van der Waals surface area contributed by atoms with Crippen molar-refractivity contribution in [1.82, 2.24) is 5.32 Å². The normalized spacial score (nSPS) is 12.7. The standard InChI is InChI=1S/C24H23NO4/c26-24(19-11-12-22-23(17-19)28-15-6-14-27-22)25-13-16-29-21-10-5-4-9-20(21)18-7-2-1-3-8-18/h1-5,7-12,17H,6,13-16H2,(H,25,26). The van der Waals surface area contributed by atoms with E-state index >= 15 is 0 Å². The van der Waals surface area contributed by atoms with E-state index in [4.69, 9.17) is 14.2 Å². The number of hydrogen-bond acceptors (Lipinski definition) is 4. The van der Waals surface area contributed by atoms with E-state index < -0.39 is 0 Å². The zero-order valence-corrected chi connectivity index (χ0v) is 16.1. The second-order valence-corrected chi connectivity index (χ2v) is 6.68. The molecule has 0 unspecified atom stereocenters. The van der Waals surface area contributed by atoms with Gasteiger partial charge < -0.3 is 19.5 Å². The molecule has 0 bridgehead atoms. The van der Waals surface area contributed by atoms with Gasteiger partial charge >= 0.3 is 0 Å². The van der Waals surface area contributed by atoms with E-state index in [1.807, 2.05) is 54.6 Å². The van der Waals surface area contributed by atoms with Crippen LogP contribution in [0.25, 0.3) is 11.1 Å². The molecule has 0 saturated heterocycles. The van der Waals surface area contributed by atoms with Crippen LogP contribution >= 0.6 is 0 Å². The van der Waals surface area contributed by atoms with Crippen molar-refractivity contribution in [2.24, 2.45) is 0 Å². The van der Waals surface area contributed by atoms with Crippen molar-refractivity contribution < 1.29 is 19.0 Å². The predicted molar refractivity (Wildman–Crippen MR) is 112 cm³/mol. The molecule has 29 heavy (non-hydrogen) atoms. The Morgan fingerprint density at radius 2 is 1.66 bits per heavy atom. The van der Waals surface area contributed by atoms with E-state index in [2.05, 4.69) is 5.32 Å². The quantitative estimate of drug-likeness (QED) is 0.638. The number of fused-ring (bicyclic) bond motifs is 1. The van der Waals surface area contributed by atoms with Crippen LogP contribution in [0.1, 0.15) is 16.8 Å². The molecule has 1 aliphatic heterocycles. The first-order chi connectivity index (χ1) is 14.3. The molecular weight excluding hydrogens is 366 g/mol. The van der Waals surface area contributed by atoms with Gasteiger partial charge in [0, 0.05) is 17.5 Å². The maximum atomic E-state index is 12.5. The summed E-state index contributed by atoms with van der Waals surface area (Å²) in [6.07, 6.45) is 0.831. The number of benzene rings is 3. The summed E-state index contributed by atoms with van der Waals surface area (Å²) < 4.78 is 17.2. The van der Waals surface area contributed by atoms with Crippen LogP contribution in [0.4, 0.5) is 0 Å². The van der Waals surface area contributed by atoms with Crippen molar-refractivity contribution in [2.75, 3.05) is 26.4 Å². The SMILES string of the molecule is O=C(NCCOc1ccccc1-c1ccccc1)c1ccc2c(c1)OCCCO2. The Kier molecular flexibility index (Phi) is 5.95. The minimum Gasteiger partial charge on any atom is -0.491 e. The number of carbonyl (C=O) groups is 1. The van der Waals surface area contributed by atoms with Crippen molar-refractivity contribution >= 4 is 5.91 Å². The van der Waals surface area contributed by atoms with Crippen LogP contribution in [0.3, 0.4) is 0 Å². The van der Waals surface area contributed by atoms with Crippen LogP contribution in [0.15, 0.2) is 72.8 Å². The molecule has 1 aliphatic rings. The van der Waals surface area contributed by atoms with Gasteiger partial charge in [0.2, 0.25) is 0 Å². The topological polar surface area (TPSA) is 56.8 Å². The van der Waals surface area contributed by atoms with E-state index in [1.54, 1.807) is 18.2 Å². The number of para-hydroxylation sites is 1. The monoisotopic (exact) mass is 389 g/mol. The van der Waals surface area contributed by atoms with Gasteiger partial charge in [-0.05, 0) is 29.8 Å². The molecule has 0 aromatic heterocycles. The third-order valence-corrected chi connectivity index (χ3v) is 4.63. The molecule has 0 atom stereocenters. The Balaban J connectivity index is 1.34. The van der Waals surface area contributed by atoms with E-state index in [-0.39, 0.29) is 5.91 Å². The summed E-state index contributed by atoms with van der Waals surface area (Å²) in [6.45, 7) is 1.99.